The first-order chi connectivity index (χ1) is 9.38. The minimum Gasteiger partial charge on any atom is -0.462 e. The standard InChI is InChI=1S/C12H12N2O6/c1-7(15)20-10-3-2-8-5-11(13(16)17)12(14(18)19)6-9(8)4-10/h5-6,10H,2-4H2,1H3. The number of nitrogens with zero attached hydrogens (tertiary/aromatic N) is 2. The lowest BCUT2D eigenvalue weighted by Gasteiger charge is -2.23. The van der Waals surface area contributed by atoms with Gasteiger partial charge in [-0.2, -0.15) is 0 Å². The minimum atomic E-state index is -0.770. The van der Waals surface area contributed by atoms with Crippen LogP contribution in [0.1, 0.15) is 24.5 Å². The molecular formula is C12H12N2O6. The molecule has 0 heterocycles. The fraction of sp³-hybridized carbons (Fsp3) is 0.417. The van der Waals surface area contributed by atoms with Gasteiger partial charge in [0.2, 0.25) is 0 Å². The second-order valence-electron chi connectivity index (χ2n) is 4.60. The van der Waals surface area contributed by atoms with E-state index in [1.165, 1.54) is 19.1 Å². The number of hydrogen-bond donors (Lipinski definition) is 0. The molecule has 0 aliphatic heterocycles. The molecule has 1 aromatic carbocycles. The number of fused-ring (bicyclic) bond motifs is 1. The van der Waals surface area contributed by atoms with E-state index in [9.17, 15) is 25.0 Å². The predicted octanol–water partition coefficient (Wildman–Crippen LogP) is 1.92. The number of rotatable bonds is 3. The summed E-state index contributed by atoms with van der Waals surface area (Å²) in [6.45, 7) is 1.30. The molecule has 1 atom stereocenters. The minimum absolute atomic E-state index is 0.332. The average molecular weight is 280 g/mol. The highest BCUT2D eigenvalue weighted by molar-refractivity contribution is 5.66. The molecule has 106 valence electrons. The number of nitro benzene ring substituents is 2. The van der Waals surface area contributed by atoms with Crippen molar-refractivity contribution in [3.63, 3.8) is 0 Å². The largest absolute Gasteiger partial charge is 0.462 e. The molecule has 1 unspecified atom stereocenters. The first-order valence-electron chi connectivity index (χ1n) is 6.00. The maximum atomic E-state index is 10.9. The highest BCUT2D eigenvalue weighted by Crippen LogP contribution is 2.34. The molecule has 8 heteroatoms. The number of nitro groups is 2. The third-order valence-electron chi connectivity index (χ3n) is 3.21. The Balaban J connectivity index is 2.38. The van der Waals surface area contributed by atoms with Crippen LogP contribution in [0, 0.1) is 20.2 Å². The summed E-state index contributed by atoms with van der Waals surface area (Å²) in [5, 5.41) is 21.7. The van der Waals surface area contributed by atoms with Crippen molar-refractivity contribution in [1.29, 1.82) is 0 Å². The predicted molar refractivity (Wildman–Crippen MR) is 67.3 cm³/mol. The van der Waals surface area contributed by atoms with Gasteiger partial charge in [-0.1, -0.05) is 0 Å². The number of hydrogen-bond acceptors (Lipinski definition) is 6. The van der Waals surface area contributed by atoms with Crippen LogP contribution in [-0.2, 0) is 22.4 Å². The molecule has 20 heavy (non-hydrogen) atoms. The van der Waals surface area contributed by atoms with E-state index in [2.05, 4.69) is 0 Å². The van der Waals surface area contributed by atoms with Crippen molar-refractivity contribution in [1.82, 2.24) is 0 Å². The summed E-state index contributed by atoms with van der Waals surface area (Å²) in [7, 11) is 0. The third-order valence-corrected chi connectivity index (χ3v) is 3.21. The van der Waals surface area contributed by atoms with Gasteiger partial charge in [-0.3, -0.25) is 25.0 Å². The molecule has 0 saturated heterocycles. The average Bonchev–Trinajstić information content (AvgIpc) is 2.36. The van der Waals surface area contributed by atoms with Gasteiger partial charge in [-0.25, -0.2) is 0 Å². The molecule has 8 nitrogen and oxygen atoms in total. The van der Waals surface area contributed by atoms with Gasteiger partial charge in [-0.05, 0) is 24.0 Å². The van der Waals surface area contributed by atoms with Crippen LogP contribution in [0.15, 0.2) is 12.1 Å². The van der Waals surface area contributed by atoms with E-state index in [0.717, 1.165) is 0 Å². The molecule has 0 N–H and O–H groups in total. The molecule has 0 bridgehead atoms. The zero-order valence-corrected chi connectivity index (χ0v) is 10.7. The highest BCUT2D eigenvalue weighted by Gasteiger charge is 2.30. The van der Waals surface area contributed by atoms with Crippen LogP contribution in [0.25, 0.3) is 0 Å². The van der Waals surface area contributed by atoms with Gasteiger partial charge < -0.3 is 4.74 Å². The van der Waals surface area contributed by atoms with E-state index in [-0.39, 0.29) is 6.10 Å². The molecule has 0 fully saturated rings. The normalized spacial score (nSPS) is 17.1. The van der Waals surface area contributed by atoms with Crippen LogP contribution >= 0.6 is 0 Å². The lowest BCUT2D eigenvalue weighted by molar-refractivity contribution is -0.422. The van der Waals surface area contributed by atoms with Gasteiger partial charge in [-0.15, -0.1) is 0 Å². The first-order valence-corrected chi connectivity index (χ1v) is 6.00. The van der Waals surface area contributed by atoms with Gasteiger partial charge in [0.15, 0.2) is 0 Å². The maximum Gasteiger partial charge on any atom is 0.346 e. The Labute approximate surface area is 113 Å². The quantitative estimate of drug-likeness (QED) is 0.475. The smallest absolute Gasteiger partial charge is 0.346 e. The van der Waals surface area contributed by atoms with Gasteiger partial charge >= 0.3 is 17.3 Å². The van der Waals surface area contributed by atoms with E-state index >= 15 is 0 Å². The van der Waals surface area contributed by atoms with Crippen LogP contribution in [-0.4, -0.2) is 21.9 Å². The topological polar surface area (TPSA) is 113 Å². The van der Waals surface area contributed by atoms with Crippen molar-refractivity contribution in [2.24, 2.45) is 0 Å². The number of esters is 1. The molecule has 2 rings (SSSR count). The number of ether oxygens (including phenoxy) is 1. The fourth-order valence-corrected chi connectivity index (χ4v) is 2.38. The van der Waals surface area contributed by atoms with Gasteiger partial charge in [0.25, 0.3) is 0 Å². The number of aryl methyl sites for hydroxylation is 1. The lowest BCUT2D eigenvalue weighted by atomic mass is 9.89. The number of carbonyl (C=O) groups excluding carboxylic acids is 1. The summed E-state index contributed by atoms with van der Waals surface area (Å²) in [4.78, 5) is 31.1. The van der Waals surface area contributed by atoms with E-state index in [0.29, 0.717) is 30.4 Å². The molecule has 0 saturated carbocycles. The Morgan fingerprint density at radius 1 is 1.20 bits per heavy atom. The Kier molecular flexibility index (Phi) is 3.64. The lowest BCUT2D eigenvalue weighted by Crippen LogP contribution is -2.24. The van der Waals surface area contributed by atoms with E-state index in [4.69, 9.17) is 4.74 Å². The zero-order valence-electron chi connectivity index (χ0n) is 10.7. The summed E-state index contributed by atoms with van der Waals surface area (Å²) in [6.07, 6.45) is 1.06. The molecule has 1 aliphatic rings. The van der Waals surface area contributed by atoms with Crippen LogP contribution < -0.4 is 0 Å². The summed E-state index contributed by atoms with van der Waals surface area (Å²) in [5.74, 6) is -0.408. The summed E-state index contributed by atoms with van der Waals surface area (Å²) in [6, 6.07) is 2.46. The SMILES string of the molecule is CC(=O)OC1CCc2cc([N+](=O)[O-])c([N+](=O)[O-])cc2C1. The Bertz CT molecular complexity index is 598. The summed E-state index contributed by atoms with van der Waals surface area (Å²) < 4.78 is 5.08. The summed E-state index contributed by atoms with van der Waals surface area (Å²) in [5.41, 5.74) is 0.294. The molecule has 1 aliphatic carbocycles. The molecule has 0 spiro atoms. The number of benzene rings is 1. The van der Waals surface area contributed by atoms with Crippen molar-refractivity contribution in [2.45, 2.75) is 32.3 Å². The molecule has 0 aromatic heterocycles. The van der Waals surface area contributed by atoms with Gasteiger partial charge in [0.05, 0.1) is 9.85 Å². The van der Waals surface area contributed by atoms with E-state index in [1.807, 2.05) is 0 Å². The van der Waals surface area contributed by atoms with Crippen LogP contribution in [0.2, 0.25) is 0 Å². The Morgan fingerprint density at radius 3 is 2.25 bits per heavy atom. The van der Waals surface area contributed by atoms with Crippen LogP contribution in [0.4, 0.5) is 11.4 Å². The Morgan fingerprint density at radius 2 is 1.75 bits per heavy atom. The molecule has 1 aromatic rings. The number of carbonyl (C=O) groups is 1. The second kappa shape index (κ2) is 5.24. The maximum absolute atomic E-state index is 10.9. The molecule has 0 amide bonds. The van der Waals surface area contributed by atoms with Gasteiger partial charge in [0.1, 0.15) is 6.10 Å². The van der Waals surface area contributed by atoms with Crippen molar-refractivity contribution < 1.29 is 19.4 Å². The summed E-state index contributed by atoms with van der Waals surface area (Å²) >= 11 is 0. The zero-order chi connectivity index (χ0) is 14.9. The Hall–Kier alpha value is -2.51. The van der Waals surface area contributed by atoms with Crippen molar-refractivity contribution in [2.75, 3.05) is 0 Å². The van der Waals surface area contributed by atoms with Crippen molar-refractivity contribution >= 4 is 17.3 Å². The monoisotopic (exact) mass is 280 g/mol. The van der Waals surface area contributed by atoms with Gasteiger partial charge in [0, 0.05) is 25.5 Å². The van der Waals surface area contributed by atoms with E-state index < -0.39 is 27.2 Å². The molecular weight excluding hydrogens is 268 g/mol. The van der Waals surface area contributed by atoms with E-state index in [1.54, 1.807) is 0 Å². The third kappa shape index (κ3) is 2.73. The molecule has 0 radical (unpaired) electrons. The highest BCUT2D eigenvalue weighted by atomic mass is 16.6. The van der Waals surface area contributed by atoms with Crippen LogP contribution in [0.3, 0.4) is 0 Å². The van der Waals surface area contributed by atoms with Crippen LogP contribution in [0.5, 0.6) is 0 Å². The van der Waals surface area contributed by atoms with Crippen molar-refractivity contribution in [3.05, 3.63) is 43.5 Å². The second-order valence-corrected chi connectivity index (χ2v) is 4.60. The fourth-order valence-electron chi connectivity index (χ4n) is 2.38. The van der Waals surface area contributed by atoms with Crippen molar-refractivity contribution in [3.8, 4) is 0 Å². The first kappa shape index (κ1) is 13.9.